The van der Waals surface area contributed by atoms with Crippen molar-refractivity contribution in [2.45, 2.75) is 6.54 Å². The van der Waals surface area contributed by atoms with E-state index in [1.165, 1.54) is 10.8 Å². The van der Waals surface area contributed by atoms with Crippen LogP contribution >= 0.6 is 31.9 Å². The van der Waals surface area contributed by atoms with E-state index in [9.17, 15) is 9.59 Å². The third-order valence-corrected chi connectivity index (χ3v) is 3.33. The van der Waals surface area contributed by atoms with Crippen LogP contribution in [-0.4, -0.2) is 9.55 Å². The van der Waals surface area contributed by atoms with Gasteiger partial charge < -0.3 is 0 Å². The third kappa shape index (κ3) is 2.95. The van der Waals surface area contributed by atoms with Gasteiger partial charge in [0.1, 0.15) is 0 Å². The van der Waals surface area contributed by atoms with Crippen molar-refractivity contribution < 1.29 is 0 Å². The minimum absolute atomic E-state index is 0.342. The first-order chi connectivity index (χ1) is 8.06. The number of hydrogen-bond acceptors (Lipinski definition) is 2. The standard InChI is InChI=1S/C11H8Br2N2O2/c12-8-3-1-7(2-4-8)5-15-6-9(13)10(16)14-11(15)17/h1-4,6H,5H2,(H,14,16,17). The summed E-state index contributed by atoms with van der Waals surface area (Å²) >= 11 is 6.44. The van der Waals surface area contributed by atoms with Gasteiger partial charge in [-0.1, -0.05) is 28.1 Å². The lowest BCUT2D eigenvalue weighted by atomic mass is 10.2. The molecule has 1 aromatic heterocycles. The van der Waals surface area contributed by atoms with E-state index in [0.29, 0.717) is 11.0 Å². The fraction of sp³-hybridized carbons (Fsp3) is 0.0909. The Balaban J connectivity index is 2.36. The maximum Gasteiger partial charge on any atom is 0.328 e. The van der Waals surface area contributed by atoms with Gasteiger partial charge in [0.05, 0.1) is 11.0 Å². The number of rotatable bonds is 2. The summed E-state index contributed by atoms with van der Waals surface area (Å²) < 4.78 is 2.76. The molecule has 4 nitrogen and oxygen atoms in total. The number of benzene rings is 1. The van der Waals surface area contributed by atoms with Crippen LogP contribution in [0.4, 0.5) is 0 Å². The predicted molar refractivity (Wildman–Crippen MR) is 72.3 cm³/mol. The smallest absolute Gasteiger partial charge is 0.295 e. The number of halogens is 2. The Kier molecular flexibility index (Phi) is 3.63. The summed E-state index contributed by atoms with van der Waals surface area (Å²) in [5.74, 6) is 0. The first-order valence-electron chi connectivity index (χ1n) is 4.80. The van der Waals surface area contributed by atoms with Crippen molar-refractivity contribution in [1.82, 2.24) is 9.55 Å². The van der Waals surface area contributed by atoms with Gasteiger partial charge in [-0.2, -0.15) is 0 Å². The van der Waals surface area contributed by atoms with Crippen molar-refractivity contribution >= 4 is 31.9 Å². The molecule has 1 aromatic carbocycles. The Morgan fingerprint density at radius 1 is 1.12 bits per heavy atom. The molecule has 88 valence electrons. The molecule has 0 amide bonds. The second-order valence-electron chi connectivity index (χ2n) is 3.49. The zero-order chi connectivity index (χ0) is 12.4. The fourth-order valence-corrected chi connectivity index (χ4v) is 2.00. The number of aromatic amines is 1. The summed E-state index contributed by atoms with van der Waals surface area (Å²) in [6.45, 7) is 0.418. The van der Waals surface area contributed by atoms with Gasteiger partial charge in [0.2, 0.25) is 0 Å². The lowest BCUT2D eigenvalue weighted by molar-refractivity contribution is 0.716. The van der Waals surface area contributed by atoms with Gasteiger partial charge in [0.15, 0.2) is 0 Å². The Hall–Kier alpha value is -1.14. The third-order valence-electron chi connectivity index (χ3n) is 2.23. The number of nitrogens with zero attached hydrogens (tertiary/aromatic N) is 1. The molecule has 0 aliphatic rings. The van der Waals surface area contributed by atoms with Crippen molar-refractivity contribution in [2.24, 2.45) is 0 Å². The maximum atomic E-state index is 11.5. The molecular weight excluding hydrogens is 352 g/mol. The first kappa shape index (κ1) is 12.3. The van der Waals surface area contributed by atoms with Gasteiger partial charge in [0.25, 0.3) is 5.56 Å². The number of nitrogens with one attached hydrogen (secondary N) is 1. The lowest BCUT2D eigenvalue weighted by Crippen LogP contribution is -2.30. The number of hydrogen-bond donors (Lipinski definition) is 1. The molecule has 0 spiro atoms. The normalized spacial score (nSPS) is 10.5. The van der Waals surface area contributed by atoms with Crippen LogP contribution in [0.15, 0.2) is 49.0 Å². The highest BCUT2D eigenvalue weighted by Gasteiger charge is 2.02. The van der Waals surface area contributed by atoms with Crippen LogP contribution in [0.25, 0.3) is 0 Å². The second kappa shape index (κ2) is 5.01. The van der Waals surface area contributed by atoms with Crippen LogP contribution in [0.5, 0.6) is 0 Å². The molecule has 0 fully saturated rings. The highest BCUT2D eigenvalue weighted by atomic mass is 79.9. The first-order valence-corrected chi connectivity index (χ1v) is 6.38. The van der Waals surface area contributed by atoms with Crippen molar-refractivity contribution in [3.05, 3.63) is 65.8 Å². The molecule has 2 rings (SSSR count). The summed E-state index contributed by atoms with van der Waals surface area (Å²) in [4.78, 5) is 24.9. The monoisotopic (exact) mass is 358 g/mol. The molecule has 0 saturated heterocycles. The van der Waals surface area contributed by atoms with E-state index < -0.39 is 11.2 Å². The van der Waals surface area contributed by atoms with Crippen LogP contribution in [0.1, 0.15) is 5.56 Å². The van der Waals surface area contributed by atoms with Crippen molar-refractivity contribution in [2.75, 3.05) is 0 Å². The van der Waals surface area contributed by atoms with Crippen LogP contribution in [0, 0.1) is 0 Å². The average Bonchev–Trinajstić information content (AvgIpc) is 2.29. The summed E-state index contributed by atoms with van der Waals surface area (Å²) in [6.07, 6.45) is 1.49. The molecule has 0 atom stereocenters. The Labute approximate surface area is 114 Å². The Morgan fingerprint density at radius 3 is 2.41 bits per heavy atom. The fourth-order valence-electron chi connectivity index (χ4n) is 1.39. The van der Waals surface area contributed by atoms with Crippen molar-refractivity contribution in [3.63, 3.8) is 0 Å². The number of aromatic nitrogens is 2. The zero-order valence-corrected chi connectivity index (χ0v) is 11.8. The summed E-state index contributed by atoms with van der Waals surface area (Å²) in [5, 5.41) is 0. The van der Waals surface area contributed by atoms with Gasteiger partial charge in [-0.05, 0) is 33.6 Å². The lowest BCUT2D eigenvalue weighted by Gasteiger charge is -2.05. The van der Waals surface area contributed by atoms with E-state index in [1.54, 1.807) is 0 Å². The van der Waals surface area contributed by atoms with E-state index in [0.717, 1.165) is 10.0 Å². The van der Waals surface area contributed by atoms with Crippen LogP contribution < -0.4 is 11.2 Å². The van der Waals surface area contributed by atoms with Crippen LogP contribution in [-0.2, 0) is 6.54 Å². The van der Waals surface area contributed by atoms with Gasteiger partial charge in [-0.15, -0.1) is 0 Å². The Morgan fingerprint density at radius 2 is 1.76 bits per heavy atom. The van der Waals surface area contributed by atoms with Gasteiger partial charge in [-0.25, -0.2) is 4.79 Å². The van der Waals surface area contributed by atoms with Gasteiger partial charge in [-0.3, -0.25) is 14.3 Å². The zero-order valence-electron chi connectivity index (χ0n) is 8.61. The molecule has 0 aliphatic carbocycles. The quantitative estimate of drug-likeness (QED) is 0.892. The molecular formula is C11H8Br2N2O2. The van der Waals surface area contributed by atoms with E-state index >= 15 is 0 Å². The summed E-state index contributed by atoms with van der Waals surface area (Å²) in [6, 6.07) is 7.63. The average molecular weight is 360 g/mol. The Bertz CT molecular complexity index is 644. The predicted octanol–water partition coefficient (Wildman–Crippen LogP) is 2.11. The SMILES string of the molecule is O=c1[nH]c(=O)n(Cc2ccc(Br)cc2)cc1Br. The molecule has 0 aliphatic heterocycles. The van der Waals surface area contributed by atoms with Crippen molar-refractivity contribution in [3.8, 4) is 0 Å². The van der Waals surface area contributed by atoms with Gasteiger partial charge in [0, 0.05) is 10.7 Å². The number of H-pyrrole nitrogens is 1. The van der Waals surface area contributed by atoms with E-state index in [1.807, 2.05) is 24.3 Å². The summed E-state index contributed by atoms with van der Waals surface area (Å²) in [5.41, 5.74) is 0.150. The minimum atomic E-state index is -0.416. The molecule has 17 heavy (non-hydrogen) atoms. The largest absolute Gasteiger partial charge is 0.328 e. The molecule has 1 heterocycles. The second-order valence-corrected chi connectivity index (χ2v) is 5.26. The molecule has 0 saturated carbocycles. The maximum absolute atomic E-state index is 11.5. The minimum Gasteiger partial charge on any atom is -0.295 e. The van der Waals surface area contributed by atoms with E-state index in [2.05, 4.69) is 36.8 Å². The van der Waals surface area contributed by atoms with Crippen LogP contribution in [0.3, 0.4) is 0 Å². The highest BCUT2D eigenvalue weighted by molar-refractivity contribution is 9.10. The topological polar surface area (TPSA) is 54.9 Å². The molecule has 2 aromatic rings. The molecule has 6 heteroatoms. The van der Waals surface area contributed by atoms with Crippen molar-refractivity contribution in [1.29, 1.82) is 0 Å². The highest BCUT2D eigenvalue weighted by Crippen LogP contribution is 2.11. The van der Waals surface area contributed by atoms with E-state index in [4.69, 9.17) is 0 Å². The molecule has 0 radical (unpaired) electrons. The molecule has 0 bridgehead atoms. The molecule has 1 N–H and O–H groups in total. The van der Waals surface area contributed by atoms with Crippen LogP contribution in [0.2, 0.25) is 0 Å². The summed E-state index contributed by atoms with van der Waals surface area (Å²) in [7, 11) is 0. The van der Waals surface area contributed by atoms with Gasteiger partial charge >= 0.3 is 5.69 Å². The molecule has 0 unspecified atom stereocenters. The van der Waals surface area contributed by atoms with E-state index in [-0.39, 0.29) is 0 Å².